The Morgan fingerprint density at radius 2 is 2.10 bits per heavy atom. The lowest BCUT2D eigenvalue weighted by atomic mass is 9.98. The van der Waals surface area contributed by atoms with E-state index in [1.165, 1.54) is 32.1 Å². The lowest BCUT2D eigenvalue weighted by Crippen LogP contribution is -2.40. The van der Waals surface area contributed by atoms with Crippen LogP contribution < -0.4 is 10.6 Å². The smallest absolute Gasteiger partial charge is 0.222 e. The first-order chi connectivity index (χ1) is 9.79. The van der Waals surface area contributed by atoms with Crippen LogP contribution in [0, 0.1) is 0 Å². The zero-order valence-electron chi connectivity index (χ0n) is 12.0. The molecule has 0 saturated carbocycles. The molecule has 1 saturated heterocycles. The van der Waals surface area contributed by atoms with Gasteiger partial charge in [-0.05, 0) is 37.8 Å². The third-order valence-electron chi connectivity index (χ3n) is 4.12. The molecule has 2 heterocycles. The number of piperidine rings is 1. The Morgan fingerprint density at radius 1 is 1.25 bits per heavy atom. The minimum atomic E-state index is 0.375. The molecule has 106 valence electrons. The minimum absolute atomic E-state index is 0.375. The fourth-order valence-electron chi connectivity index (χ4n) is 3.21. The van der Waals surface area contributed by atoms with Crippen molar-refractivity contribution in [3.05, 3.63) is 24.3 Å². The Morgan fingerprint density at radius 3 is 2.95 bits per heavy atom. The van der Waals surface area contributed by atoms with Crippen LogP contribution in [0.1, 0.15) is 39.0 Å². The van der Waals surface area contributed by atoms with Crippen molar-refractivity contribution in [3.8, 4) is 0 Å². The maximum absolute atomic E-state index is 5.90. The van der Waals surface area contributed by atoms with E-state index in [1.54, 1.807) is 0 Å². The van der Waals surface area contributed by atoms with Gasteiger partial charge in [0, 0.05) is 18.0 Å². The molecule has 0 spiro atoms. The molecule has 20 heavy (non-hydrogen) atoms. The van der Waals surface area contributed by atoms with Gasteiger partial charge in [-0.25, -0.2) is 4.98 Å². The number of para-hydroxylation sites is 1. The van der Waals surface area contributed by atoms with Gasteiger partial charge in [-0.1, -0.05) is 25.5 Å². The Hall–Kier alpha value is -1.84. The van der Waals surface area contributed by atoms with Crippen LogP contribution in [0.4, 0.5) is 11.8 Å². The second-order valence-electron chi connectivity index (χ2n) is 5.55. The van der Waals surface area contributed by atoms with Gasteiger partial charge in [0.2, 0.25) is 5.95 Å². The van der Waals surface area contributed by atoms with Crippen LogP contribution >= 0.6 is 0 Å². The number of hydrogen-bond donors (Lipinski definition) is 1. The molecule has 0 amide bonds. The molecule has 1 aliphatic rings. The lowest BCUT2D eigenvalue weighted by molar-refractivity contribution is 0.433. The molecule has 1 unspecified atom stereocenters. The van der Waals surface area contributed by atoms with Crippen LogP contribution in [0.25, 0.3) is 10.9 Å². The van der Waals surface area contributed by atoms with Crippen molar-refractivity contribution in [2.45, 2.75) is 45.1 Å². The van der Waals surface area contributed by atoms with Gasteiger partial charge in [-0.2, -0.15) is 4.98 Å². The molecule has 3 rings (SSSR count). The summed E-state index contributed by atoms with van der Waals surface area (Å²) in [5.74, 6) is 1.39. The lowest BCUT2D eigenvalue weighted by Gasteiger charge is -2.37. The second kappa shape index (κ2) is 5.65. The average molecular weight is 270 g/mol. The van der Waals surface area contributed by atoms with Crippen LogP contribution in [-0.2, 0) is 0 Å². The van der Waals surface area contributed by atoms with Crippen molar-refractivity contribution in [3.63, 3.8) is 0 Å². The Labute approximate surface area is 120 Å². The highest BCUT2D eigenvalue weighted by Crippen LogP contribution is 2.31. The Bertz CT molecular complexity index is 594. The zero-order chi connectivity index (χ0) is 13.9. The first kappa shape index (κ1) is 13.2. The third-order valence-corrected chi connectivity index (χ3v) is 4.12. The standard InChI is InChI=1S/C16H22N4/c1-2-7-12-8-5-6-11-20(12)15-13-9-3-4-10-14(13)18-16(17)19-15/h3-4,9-10,12H,2,5-8,11H2,1H3,(H2,17,18,19). The van der Waals surface area contributed by atoms with E-state index in [1.807, 2.05) is 18.2 Å². The summed E-state index contributed by atoms with van der Waals surface area (Å²) in [5.41, 5.74) is 6.84. The van der Waals surface area contributed by atoms with Crippen LogP contribution in [0.15, 0.2) is 24.3 Å². The van der Waals surface area contributed by atoms with E-state index < -0.39 is 0 Å². The summed E-state index contributed by atoms with van der Waals surface area (Å²) in [4.78, 5) is 11.3. The summed E-state index contributed by atoms with van der Waals surface area (Å²) in [6.45, 7) is 3.32. The van der Waals surface area contributed by atoms with Crippen molar-refractivity contribution in [1.29, 1.82) is 0 Å². The largest absolute Gasteiger partial charge is 0.368 e. The van der Waals surface area contributed by atoms with Gasteiger partial charge < -0.3 is 10.6 Å². The third kappa shape index (κ3) is 2.42. The maximum atomic E-state index is 5.90. The van der Waals surface area contributed by atoms with E-state index in [0.29, 0.717) is 12.0 Å². The molecule has 2 N–H and O–H groups in total. The van der Waals surface area contributed by atoms with Gasteiger partial charge in [0.25, 0.3) is 0 Å². The molecule has 0 radical (unpaired) electrons. The highest BCUT2D eigenvalue weighted by atomic mass is 15.2. The van der Waals surface area contributed by atoms with E-state index in [9.17, 15) is 0 Å². The number of nitrogen functional groups attached to an aromatic ring is 1. The van der Waals surface area contributed by atoms with Crippen LogP contribution in [-0.4, -0.2) is 22.6 Å². The van der Waals surface area contributed by atoms with E-state index >= 15 is 0 Å². The van der Waals surface area contributed by atoms with E-state index in [4.69, 9.17) is 5.73 Å². The summed E-state index contributed by atoms with van der Waals surface area (Å²) in [6.07, 6.45) is 6.24. The predicted octanol–water partition coefficient (Wildman–Crippen LogP) is 3.37. The average Bonchev–Trinajstić information content (AvgIpc) is 2.47. The molecule has 4 nitrogen and oxygen atoms in total. The second-order valence-corrected chi connectivity index (χ2v) is 5.55. The van der Waals surface area contributed by atoms with Gasteiger partial charge >= 0.3 is 0 Å². The molecular weight excluding hydrogens is 248 g/mol. The number of benzene rings is 1. The highest BCUT2D eigenvalue weighted by molar-refractivity contribution is 5.90. The number of nitrogens with two attached hydrogens (primary N) is 1. The normalized spacial score (nSPS) is 19.4. The number of fused-ring (bicyclic) bond motifs is 1. The van der Waals surface area contributed by atoms with Gasteiger partial charge in [-0.15, -0.1) is 0 Å². The van der Waals surface area contributed by atoms with Crippen LogP contribution in [0.2, 0.25) is 0 Å². The Balaban J connectivity index is 2.07. The van der Waals surface area contributed by atoms with E-state index in [-0.39, 0.29) is 0 Å². The molecular formula is C16H22N4. The minimum Gasteiger partial charge on any atom is -0.368 e. The van der Waals surface area contributed by atoms with Crippen molar-refractivity contribution < 1.29 is 0 Å². The number of hydrogen-bond acceptors (Lipinski definition) is 4. The zero-order valence-corrected chi connectivity index (χ0v) is 12.0. The summed E-state index contributed by atoms with van der Waals surface area (Å²) < 4.78 is 0. The SMILES string of the molecule is CCCC1CCCCN1c1nc(N)nc2ccccc12. The van der Waals surface area contributed by atoms with Crippen LogP contribution in [0.5, 0.6) is 0 Å². The van der Waals surface area contributed by atoms with Crippen LogP contribution in [0.3, 0.4) is 0 Å². The molecule has 2 aromatic rings. The molecule has 1 fully saturated rings. The fourth-order valence-corrected chi connectivity index (χ4v) is 3.21. The monoisotopic (exact) mass is 270 g/mol. The van der Waals surface area contributed by atoms with Gasteiger partial charge in [-0.3, -0.25) is 0 Å². The summed E-state index contributed by atoms with van der Waals surface area (Å²) in [6, 6.07) is 8.74. The number of nitrogens with zero attached hydrogens (tertiary/aromatic N) is 3. The topological polar surface area (TPSA) is 55.0 Å². The molecule has 0 aliphatic carbocycles. The number of aromatic nitrogens is 2. The quantitative estimate of drug-likeness (QED) is 0.929. The van der Waals surface area contributed by atoms with Crippen molar-refractivity contribution in [2.75, 3.05) is 17.2 Å². The molecule has 1 aliphatic heterocycles. The number of anilines is 2. The summed E-state index contributed by atoms with van der Waals surface area (Å²) in [7, 11) is 0. The molecule has 0 bridgehead atoms. The molecule has 4 heteroatoms. The molecule has 1 aromatic heterocycles. The summed E-state index contributed by atoms with van der Waals surface area (Å²) >= 11 is 0. The van der Waals surface area contributed by atoms with Gasteiger partial charge in [0.1, 0.15) is 5.82 Å². The van der Waals surface area contributed by atoms with Gasteiger partial charge in [0.05, 0.1) is 5.52 Å². The van der Waals surface area contributed by atoms with Gasteiger partial charge in [0.15, 0.2) is 0 Å². The molecule has 1 atom stereocenters. The van der Waals surface area contributed by atoms with Crippen molar-refractivity contribution >= 4 is 22.7 Å². The van der Waals surface area contributed by atoms with Crippen molar-refractivity contribution in [1.82, 2.24) is 9.97 Å². The predicted molar refractivity (Wildman–Crippen MR) is 83.8 cm³/mol. The van der Waals surface area contributed by atoms with E-state index in [0.717, 1.165) is 23.3 Å². The maximum Gasteiger partial charge on any atom is 0.222 e. The van der Waals surface area contributed by atoms with E-state index in [2.05, 4.69) is 27.9 Å². The first-order valence-electron chi connectivity index (χ1n) is 7.58. The van der Waals surface area contributed by atoms with Crippen molar-refractivity contribution in [2.24, 2.45) is 0 Å². The highest BCUT2D eigenvalue weighted by Gasteiger charge is 2.24. The Kier molecular flexibility index (Phi) is 3.72. The fraction of sp³-hybridized carbons (Fsp3) is 0.500. The first-order valence-corrected chi connectivity index (χ1v) is 7.58. The number of rotatable bonds is 3. The molecule has 1 aromatic carbocycles. The summed E-state index contributed by atoms with van der Waals surface area (Å²) in [5, 5.41) is 1.12.